The molecule has 0 N–H and O–H groups in total. The Morgan fingerprint density at radius 2 is 0.652 bits per heavy atom. The lowest BCUT2D eigenvalue weighted by Crippen LogP contribution is -2.09. The molecule has 0 aliphatic heterocycles. The fraction of sp³-hybridized carbons (Fsp3) is 0. The summed E-state index contributed by atoms with van der Waals surface area (Å²) >= 11 is 0. The van der Waals surface area contributed by atoms with Crippen molar-refractivity contribution in [2.24, 2.45) is 0 Å². The van der Waals surface area contributed by atoms with Crippen LogP contribution in [0.4, 0.5) is 17.1 Å². The van der Waals surface area contributed by atoms with Crippen molar-refractivity contribution >= 4 is 49.6 Å². The molecule has 1 heterocycles. The molecule has 0 aliphatic rings. The molecule has 0 saturated heterocycles. The van der Waals surface area contributed by atoms with Crippen molar-refractivity contribution in [3.8, 4) is 61.3 Å². The van der Waals surface area contributed by atoms with Gasteiger partial charge >= 0.3 is 0 Å². The minimum atomic E-state index is 1.09. The van der Waals surface area contributed by atoms with E-state index in [1.54, 1.807) is 0 Å². The fourth-order valence-electron chi connectivity index (χ4n) is 9.72. The standard InChI is InChI=1S/C64H44N2/c1-3-14-45(15-4-1)50-18-11-19-51(42-50)46-28-35-56(36-29-46)65(57-37-30-47(31-38-57)52-20-12-21-54(43-52)60-26-13-17-49-16-7-8-24-59(49)60)58-39-32-48(33-40-58)53-34-41-64-62(44-53)61-25-9-10-27-63(61)66(64)55-22-5-2-6-23-55/h1-44H. The maximum atomic E-state index is 2.37. The molecule has 12 aromatic rings. The zero-order chi connectivity index (χ0) is 43.8. The number of aromatic nitrogens is 1. The minimum absolute atomic E-state index is 1.09. The van der Waals surface area contributed by atoms with Crippen molar-refractivity contribution in [2.75, 3.05) is 4.90 Å². The number of para-hydroxylation sites is 2. The lowest BCUT2D eigenvalue weighted by Gasteiger charge is -2.26. The average molecular weight is 841 g/mol. The number of nitrogens with zero attached hydrogens (tertiary/aromatic N) is 2. The van der Waals surface area contributed by atoms with Crippen LogP contribution in [-0.4, -0.2) is 4.57 Å². The van der Waals surface area contributed by atoms with Gasteiger partial charge in [0.2, 0.25) is 0 Å². The first-order chi connectivity index (χ1) is 32.7. The van der Waals surface area contributed by atoms with Crippen molar-refractivity contribution in [1.82, 2.24) is 4.57 Å². The van der Waals surface area contributed by atoms with Gasteiger partial charge in [-0.15, -0.1) is 0 Å². The first kappa shape index (κ1) is 38.9. The van der Waals surface area contributed by atoms with E-state index in [-0.39, 0.29) is 0 Å². The van der Waals surface area contributed by atoms with Crippen LogP contribution in [0.3, 0.4) is 0 Å². The molecule has 0 amide bonds. The summed E-state index contributed by atoms with van der Waals surface area (Å²) in [6.45, 7) is 0. The monoisotopic (exact) mass is 840 g/mol. The van der Waals surface area contributed by atoms with Crippen LogP contribution in [0.25, 0.3) is 93.9 Å². The van der Waals surface area contributed by atoms with Gasteiger partial charge in [-0.2, -0.15) is 0 Å². The number of hydrogen-bond donors (Lipinski definition) is 0. The van der Waals surface area contributed by atoms with Crippen LogP contribution < -0.4 is 4.90 Å². The van der Waals surface area contributed by atoms with Gasteiger partial charge in [0, 0.05) is 33.5 Å². The first-order valence-corrected chi connectivity index (χ1v) is 22.7. The zero-order valence-electron chi connectivity index (χ0n) is 36.3. The molecule has 310 valence electrons. The predicted molar refractivity (Wildman–Crippen MR) is 280 cm³/mol. The molecular weight excluding hydrogens is 797 g/mol. The highest BCUT2D eigenvalue weighted by Crippen LogP contribution is 2.40. The van der Waals surface area contributed by atoms with Gasteiger partial charge < -0.3 is 9.47 Å². The van der Waals surface area contributed by atoms with Crippen LogP contribution in [-0.2, 0) is 0 Å². The van der Waals surface area contributed by atoms with E-state index in [1.165, 1.54) is 88.2 Å². The van der Waals surface area contributed by atoms with E-state index in [4.69, 9.17) is 0 Å². The Morgan fingerprint density at radius 1 is 0.242 bits per heavy atom. The molecular formula is C64H44N2. The third-order valence-electron chi connectivity index (χ3n) is 13.0. The molecule has 0 atom stereocenters. The molecule has 0 radical (unpaired) electrons. The number of rotatable bonds is 9. The van der Waals surface area contributed by atoms with Crippen LogP contribution in [0.5, 0.6) is 0 Å². The second-order valence-electron chi connectivity index (χ2n) is 17.0. The van der Waals surface area contributed by atoms with Gasteiger partial charge in [-0.3, -0.25) is 0 Å². The van der Waals surface area contributed by atoms with E-state index in [0.717, 1.165) is 22.7 Å². The lowest BCUT2D eigenvalue weighted by molar-refractivity contribution is 1.18. The molecule has 11 aromatic carbocycles. The third kappa shape index (κ3) is 7.21. The van der Waals surface area contributed by atoms with Crippen molar-refractivity contribution in [2.45, 2.75) is 0 Å². The van der Waals surface area contributed by atoms with Gasteiger partial charge in [0.15, 0.2) is 0 Å². The van der Waals surface area contributed by atoms with Gasteiger partial charge in [0.25, 0.3) is 0 Å². The SMILES string of the molecule is c1ccc(-c2cccc(-c3ccc(N(c4ccc(-c5cccc(-c6cccc7ccccc67)c5)cc4)c4ccc(-c5ccc6c(c5)c5ccccc5n6-c5ccccc5)cc4)cc3)c2)cc1. The van der Waals surface area contributed by atoms with E-state index in [2.05, 4.69) is 276 Å². The Morgan fingerprint density at radius 3 is 1.27 bits per heavy atom. The highest BCUT2D eigenvalue weighted by atomic mass is 15.1. The highest BCUT2D eigenvalue weighted by molar-refractivity contribution is 6.10. The Balaban J connectivity index is 0.908. The number of benzene rings is 11. The topological polar surface area (TPSA) is 8.17 Å². The van der Waals surface area contributed by atoms with E-state index in [9.17, 15) is 0 Å². The first-order valence-electron chi connectivity index (χ1n) is 22.7. The van der Waals surface area contributed by atoms with E-state index < -0.39 is 0 Å². The van der Waals surface area contributed by atoms with Crippen molar-refractivity contribution < 1.29 is 0 Å². The number of anilines is 3. The molecule has 0 bridgehead atoms. The van der Waals surface area contributed by atoms with Gasteiger partial charge in [0.1, 0.15) is 0 Å². The number of hydrogen-bond acceptors (Lipinski definition) is 1. The summed E-state index contributed by atoms with van der Waals surface area (Å²) in [5.74, 6) is 0. The van der Waals surface area contributed by atoms with E-state index in [1.807, 2.05) is 0 Å². The van der Waals surface area contributed by atoms with Crippen LogP contribution in [0.15, 0.2) is 267 Å². The highest BCUT2D eigenvalue weighted by Gasteiger charge is 2.17. The molecule has 12 rings (SSSR count). The van der Waals surface area contributed by atoms with Gasteiger partial charge in [-0.25, -0.2) is 0 Å². The third-order valence-corrected chi connectivity index (χ3v) is 13.0. The second-order valence-corrected chi connectivity index (χ2v) is 17.0. The van der Waals surface area contributed by atoms with Crippen LogP contribution in [0.2, 0.25) is 0 Å². The van der Waals surface area contributed by atoms with E-state index >= 15 is 0 Å². The zero-order valence-corrected chi connectivity index (χ0v) is 36.3. The molecule has 0 unspecified atom stereocenters. The summed E-state index contributed by atoms with van der Waals surface area (Å²) in [6.07, 6.45) is 0. The Bertz CT molecular complexity index is 3660. The van der Waals surface area contributed by atoms with Gasteiger partial charge in [-0.05, 0) is 145 Å². The summed E-state index contributed by atoms with van der Waals surface area (Å²) in [5.41, 5.74) is 18.8. The normalized spacial score (nSPS) is 11.3. The van der Waals surface area contributed by atoms with Crippen molar-refractivity contribution in [1.29, 1.82) is 0 Å². The maximum absolute atomic E-state index is 2.37. The predicted octanol–water partition coefficient (Wildman–Crippen LogP) is 17.7. The summed E-state index contributed by atoms with van der Waals surface area (Å²) < 4.78 is 2.37. The number of fused-ring (bicyclic) bond motifs is 4. The van der Waals surface area contributed by atoms with Crippen LogP contribution in [0, 0.1) is 0 Å². The summed E-state index contributed by atoms with van der Waals surface area (Å²) in [6, 6.07) is 96.8. The van der Waals surface area contributed by atoms with Gasteiger partial charge in [-0.1, -0.05) is 188 Å². The molecule has 0 fully saturated rings. The maximum Gasteiger partial charge on any atom is 0.0541 e. The minimum Gasteiger partial charge on any atom is -0.311 e. The molecule has 1 aromatic heterocycles. The van der Waals surface area contributed by atoms with Crippen molar-refractivity contribution in [3.63, 3.8) is 0 Å². The van der Waals surface area contributed by atoms with Crippen LogP contribution >= 0.6 is 0 Å². The Hall–Kier alpha value is -8.72. The quantitative estimate of drug-likeness (QED) is 0.141. The molecule has 0 saturated carbocycles. The van der Waals surface area contributed by atoms with Crippen molar-refractivity contribution in [3.05, 3.63) is 267 Å². The Kier molecular flexibility index (Phi) is 9.89. The lowest BCUT2D eigenvalue weighted by atomic mass is 9.95. The summed E-state index contributed by atoms with van der Waals surface area (Å²) in [7, 11) is 0. The Labute approximate surface area is 385 Å². The molecule has 0 spiro atoms. The second kappa shape index (κ2) is 16.8. The van der Waals surface area contributed by atoms with Crippen LogP contribution in [0.1, 0.15) is 0 Å². The van der Waals surface area contributed by atoms with Gasteiger partial charge in [0.05, 0.1) is 11.0 Å². The smallest absolute Gasteiger partial charge is 0.0541 e. The average Bonchev–Trinajstić information content (AvgIpc) is 3.73. The summed E-state index contributed by atoms with van der Waals surface area (Å²) in [4.78, 5) is 2.36. The van der Waals surface area contributed by atoms with E-state index in [0.29, 0.717) is 0 Å². The largest absolute Gasteiger partial charge is 0.311 e. The fourth-order valence-corrected chi connectivity index (χ4v) is 9.72. The molecule has 66 heavy (non-hydrogen) atoms. The summed E-state index contributed by atoms with van der Waals surface area (Å²) in [5, 5.41) is 5.01. The molecule has 0 aliphatic carbocycles. The molecule has 2 nitrogen and oxygen atoms in total. The molecule has 2 heteroatoms.